The highest BCUT2D eigenvalue weighted by molar-refractivity contribution is 9.10. The van der Waals surface area contributed by atoms with Crippen molar-refractivity contribution < 1.29 is 18.0 Å². The lowest BCUT2D eigenvalue weighted by Crippen LogP contribution is -2.39. The van der Waals surface area contributed by atoms with Crippen molar-refractivity contribution in [2.45, 2.75) is 26.4 Å². The number of nitrogens with one attached hydrogen (secondary N) is 1. The molecular weight excluding hydrogens is 337 g/mol. The molecule has 1 atom stereocenters. The lowest BCUT2D eigenvalue weighted by molar-refractivity contribution is -0.137. The zero-order valence-electron chi connectivity index (χ0n) is 11.1. The number of carbonyl (C=O) groups is 1. The maximum atomic E-state index is 12.7. The van der Waals surface area contributed by atoms with E-state index in [2.05, 4.69) is 21.2 Å². The summed E-state index contributed by atoms with van der Waals surface area (Å²) in [6.07, 6.45) is -3.97. The molecule has 1 aromatic rings. The molecule has 0 spiro atoms. The number of rotatable bonds is 4. The van der Waals surface area contributed by atoms with Crippen molar-refractivity contribution in [2.75, 3.05) is 11.9 Å². The minimum atomic E-state index is -4.47. The Morgan fingerprint density at radius 3 is 2.40 bits per heavy atom. The highest BCUT2D eigenvalue weighted by atomic mass is 79.9. The fourth-order valence-corrected chi connectivity index (χ4v) is 2.00. The molecule has 0 aliphatic heterocycles. The van der Waals surface area contributed by atoms with E-state index in [9.17, 15) is 18.0 Å². The second-order valence-corrected chi connectivity index (χ2v) is 5.71. The van der Waals surface area contributed by atoms with E-state index in [0.29, 0.717) is 6.42 Å². The van der Waals surface area contributed by atoms with Crippen LogP contribution in [-0.4, -0.2) is 12.5 Å². The lowest BCUT2D eigenvalue weighted by Gasteiger charge is -2.25. The van der Waals surface area contributed by atoms with Crippen molar-refractivity contribution in [3.8, 4) is 0 Å². The fraction of sp³-hybridized carbons (Fsp3) is 0.462. The van der Waals surface area contributed by atoms with Gasteiger partial charge < -0.3 is 11.1 Å². The Labute approximate surface area is 123 Å². The first kappa shape index (κ1) is 17.0. The highest BCUT2D eigenvalue weighted by Crippen LogP contribution is 2.34. The van der Waals surface area contributed by atoms with Gasteiger partial charge in [0.25, 0.3) is 0 Å². The molecular formula is C13H16BrF3N2O. The van der Waals surface area contributed by atoms with Gasteiger partial charge in [0, 0.05) is 16.7 Å². The summed E-state index contributed by atoms with van der Waals surface area (Å²) < 4.78 is 38.3. The van der Waals surface area contributed by atoms with E-state index < -0.39 is 23.1 Å². The quantitative estimate of drug-likeness (QED) is 0.866. The Morgan fingerprint density at radius 1 is 1.35 bits per heavy atom. The molecule has 0 aliphatic rings. The van der Waals surface area contributed by atoms with Crippen molar-refractivity contribution in [2.24, 2.45) is 11.1 Å². The molecule has 1 amide bonds. The number of nitrogens with two attached hydrogens (primary N) is 1. The molecule has 0 heterocycles. The predicted octanol–water partition coefficient (Wildman–Crippen LogP) is 3.78. The van der Waals surface area contributed by atoms with E-state index in [-0.39, 0.29) is 16.7 Å². The molecule has 0 fully saturated rings. The summed E-state index contributed by atoms with van der Waals surface area (Å²) in [4.78, 5) is 12.1. The van der Waals surface area contributed by atoms with Crippen LogP contribution < -0.4 is 11.1 Å². The molecule has 7 heteroatoms. The first-order valence-electron chi connectivity index (χ1n) is 6.01. The number of alkyl halides is 3. The maximum absolute atomic E-state index is 12.7. The van der Waals surface area contributed by atoms with Crippen LogP contribution in [0.3, 0.4) is 0 Å². The number of hydrogen-bond acceptors (Lipinski definition) is 2. The Bertz CT molecular complexity index is 499. The zero-order valence-corrected chi connectivity index (χ0v) is 12.7. The largest absolute Gasteiger partial charge is 0.416 e. The molecule has 0 saturated carbocycles. The summed E-state index contributed by atoms with van der Waals surface area (Å²) in [5, 5.41) is 2.49. The number of benzene rings is 1. The standard InChI is InChI=1S/C13H16BrF3N2O/c1-3-12(2,7-18)11(20)19-10-5-8(13(15,16)17)4-9(14)6-10/h4-6H,3,7,18H2,1-2H3,(H,19,20). The van der Waals surface area contributed by atoms with E-state index in [4.69, 9.17) is 5.73 Å². The molecule has 3 nitrogen and oxygen atoms in total. The van der Waals surface area contributed by atoms with Gasteiger partial charge in [-0.15, -0.1) is 0 Å². The average Bonchev–Trinajstić information content (AvgIpc) is 2.36. The summed E-state index contributed by atoms with van der Waals surface area (Å²) in [7, 11) is 0. The van der Waals surface area contributed by atoms with Gasteiger partial charge in [-0.05, 0) is 31.5 Å². The van der Waals surface area contributed by atoms with Crippen LogP contribution in [0.15, 0.2) is 22.7 Å². The van der Waals surface area contributed by atoms with Gasteiger partial charge in [-0.25, -0.2) is 0 Å². The Hall–Kier alpha value is -1.08. The second kappa shape index (κ2) is 6.13. The molecule has 1 rings (SSSR count). The molecule has 0 aliphatic carbocycles. The maximum Gasteiger partial charge on any atom is 0.416 e. The van der Waals surface area contributed by atoms with Gasteiger partial charge in [-0.2, -0.15) is 13.2 Å². The van der Waals surface area contributed by atoms with Crippen LogP contribution in [-0.2, 0) is 11.0 Å². The first-order valence-corrected chi connectivity index (χ1v) is 6.81. The number of carbonyl (C=O) groups excluding carboxylic acids is 1. The van der Waals surface area contributed by atoms with Crippen molar-refractivity contribution in [1.29, 1.82) is 0 Å². The van der Waals surface area contributed by atoms with Gasteiger partial charge in [0.15, 0.2) is 0 Å². The van der Waals surface area contributed by atoms with Gasteiger partial charge in [0.1, 0.15) is 0 Å². The lowest BCUT2D eigenvalue weighted by atomic mass is 9.86. The minimum Gasteiger partial charge on any atom is -0.329 e. The van der Waals surface area contributed by atoms with Gasteiger partial charge in [0.05, 0.1) is 11.0 Å². The van der Waals surface area contributed by atoms with E-state index in [1.54, 1.807) is 13.8 Å². The molecule has 0 aromatic heterocycles. The van der Waals surface area contributed by atoms with Crippen molar-refractivity contribution in [1.82, 2.24) is 0 Å². The summed E-state index contributed by atoms with van der Waals surface area (Å²) >= 11 is 3.00. The Kier molecular flexibility index (Phi) is 5.21. The first-order chi connectivity index (χ1) is 9.12. The summed E-state index contributed by atoms with van der Waals surface area (Å²) in [6.45, 7) is 3.59. The van der Waals surface area contributed by atoms with Crippen LogP contribution in [0.2, 0.25) is 0 Å². The highest BCUT2D eigenvalue weighted by Gasteiger charge is 2.33. The number of amides is 1. The van der Waals surface area contributed by atoms with Crippen LogP contribution in [0.4, 0.5) is 18.9 Å². The fourth-order valence-electron chi connectivity index (χ4n) is 1.51. The predicted molar refractivity (Wildman–Crippen MR) is 75.2 cm³/mol. The van der Waals surface area contributed by atoms with E-state index >= 15 is 0 Å². The minimum absolute atomic E-state index is 0.0878. The van der Waals surface area contributed by atoms with Crippen LogP contribution in [0, 0.1) is 5.41 Å². The zero-order chi connectivity index (χ0) is 15.6. The number of anilines is 1. The SMILES string of the molecule is CCC(C)(CN)C(=O)Nc1cc(Br)cc(C(F)(F)F)c1. The van der Waals surface area contributed by atoms with Crippen molar-refractivity contribution in [3.05, 3.63) is 28.2 Å². The van der Waals surface area contributed by atoms with Crippen molar-refractivity contribution >= 4 is 27.5 Å². The van der Waals surface area contributed by atoms with Crippen molar-refractivity contribution in [3.63, 3.8) is 0 Å². The van der Waals surface area contributed by atoms with Crippen LogP contribution >= 0.6 is 15.9 Å². The molecule has 0 radical (unpaired) electrons. The van der Waals surface area contributed by atoms with Gasteiger partial charge >= 0.3 is 6.18 Å². The summed E-state index contributed by atoms with van der Waals surface area (Å²) in [5.74, 6) is -0.395. The summed E-state index contributed by atoms with van der Waals surface area (Å²) in [5.41, 5.74) is 4.01. The van der Waals surface area contributed by atoms with Gasteiger partial charge in [-0.1, -0.05) is 22.9 Å². The third kappa shape index (κ3) is 3.96. The molecule has 1 unspecified atom stereocenters. The molecule has 112 valence electrons. The Morgan fingerprint density at radius 2 is 1.95 bits per heavy atom. The average molecular weight is 353 g/mol. The van der Waals surface area contributed by atoms with E-state index in [1.165, 1.54) is 6.07 Å². The van der Waals surface area contributed by atoms with E-state index in [1.807, 2.05) is 0 Å². The van der Waals surface area contributed by atoms with E-state index in [0.717, 1.165) is 12.1 Å². The third-order valence-corrected chi connectivity index (χ3v) is 3.72. The molecule has 0 saturated heterocycles. The van der Waals surface area contributed by atoms with Crippen LogP contribution in [0.5, 0.6) is 0 Å². The Balaban J connectivity index is 3.05. The monoisotopic (exact) mass is 352 g/mol. The van der Waals surface area contributed by atoms with Gasteiger partial charge in [-0.3, -0.25) is 4.79 Å². The number of halogens is 4. The molecule has 1 aromatic carbocycles. The molecule has 0 bridgehead atoms. The number of hydrogen-bond donors (Lipinski definition) is 2. The van der Waals surface area contributed by atoms with Crippen LogP contribution in [0.25, 0.3) is 0 Å². The second-order valence-electron chi connectivity index (χ2n) is 4.80. The third-order valence-electron chi connectivity index (χ3n) is 3.26. The summed E-state index contributed by atoms with van der Waals surface area (Å²) in [6, 6.07) is 3.27. The van der Waals surface area contributed by atoms with Crippen LogP contribution in [0.1, 0.15) is 25.8 Å². The smallest absolute Gasteiger partial charge is 0.329 e. The van der Waals surface area contributed by atoms with Gasteiger partial charge in [0.2, 0.25) is 5.91 Å². The molecule has 3 N–H and O–H groups in total. The normalized spacial score (nSPS) is 14.8. The molecule has 20 heavy (non-hydrogen) atoms. The topological polar surface area (TPSA) is 55.1 Å².